The van der Waals surface area contributed by atoms with Crippen molar-refractivity contribution in [3.8, 4) is 0 Å². The van der Waals surface area contributed by atoms with Crippen LogP contribution >= 0.6 is 12.4 Å². The number of halogens is 1. The highest BCUT2D eigenvalue weighted by Crippen LogP contribution is 2.31. The van der Waals surface area contributed by atoms with Crippen LogP contribution in [0.2, 0.25) is 0 Å². The number of aromatic amines is 1. The van der Waals surface area contributed by atoms with Gasteiger partial charge < -0.3 is 10.6 Å². The fraction of sp³-hybridized carbons (Fsp3) is 0.733. The molecule has 1 aromatic heterocycles. The molecule has 1 aliphatic heterocycles. The van der Waals surface area contributed by atoms with E-state index in [0.717, 1.165) is 44.5 Å². The highest BCUT2D eigenvalue weighted by molar-refractivity contribution is 5.85. The maximum Gasteiger partial charge on any atom is 0.226 e. The van der Waals surface area contributed by atoms with Gasteiger partial charge in [-0.1, -0.05) is 13.8 Å². The largest absolute Gasteiger partial charge is 0.342 e. The number of carbonyl (C=O) groups is 1. The summed E-state index contributed by atoms with van der Waals surface area (Å²) in [6.45, 7) is 5.89. The number of rotatable bonds is 1. The Kier molecular flexibility index (Phi) is 4.63. The van der Waals surface area contributed by atoms with Crippen LogP contribution in [-0.2, 0) is 17.6 Å². The van der Waals surface area contributed by atoms with E-state index in [0.29, 0.717) is 5.91 Å². The molecule has 2 unspecified atom stereocenters. The van der Waals surface area contributed by atoms with Crippen LogP contribution < -0.4 is 5.73 Å². The van der Waals surface area contributed by atoms with Crippen molar-refractivity contribution in [3.05, 3.63) is 17.5 Å². The second kappa shape index (κ2) is 5.97. The molecule has 1 aromatic rings. The van der Waals surface area contributed by atoms with E-state index in [1.165, 1.54) is 5.56 Å². The van der Waals surface area contributed by atoms with Gasteiger partial charge in [0.05, 0.1) is 6.20 Å². The molecule has 6 heteroatoms. The third-order valence-corrected chi connectivity index (χ3v) is 4.99. The van der Waals surface area contributed by atoms with E-state index in [2.05, 4.69) is 24.0 Å². The molecule has 1 aliphatic carbocycles. The summed E-state index contributed by atoms with van der Waals surface area (Å²) < 4.78 is 0. The van der Waals surface area contributed by atoms with E-state index in [1.807, 2.05) is 11.1 Å². The summed E-state index contributed by atoms with van der Waals surface area (Å²) in [7, 11) is 0. The van der Waals surface area contributed by atoms with E-state index in [1.54, 1.807) is 0 Å². The van der Waals surface area contributed by atoms with Gasteiger partial charge in [-0.15, -0.1) is 12.4 Å². The molecule has 0 spiro atoms. The Morgan fingerprint density at radius 3 is 2.95 bits per heavy atom. The molecule has 3 rings (SSSR count). The number of nitrogens with zero attached hydrogens (tertiary/aromatic N) is 2. The number of fused-ring (bicyclic) bond motifs is 1. The number of nitrogens with two attached hydrogens (primary N) is 1. The van der Waals surface area contributed by atoms with Gasteiger partial charge in [0.25, 0.3) is 0 Å². The Bertz CT molecular complexity index is 514. The van der Waals surface area contributed by atoms with Crippen LogP contribution in [0.3, 0.4) is 0 Å². The molecule has 21 heavy (non-hydrogen) atoms. The predicted octanol–water partition coefficient (Wildman–Crippen LogP) is 1.52. The average Bonchev–Trinajstić information content (AvgIpc) is 2.88. The lowest BCUT2D eigenvalue weighted by molar-refractivity contribution is -0.139. The van der Waals surface area contributed by atoms with Crippen molar-refractivity contribution < 1.29 is 4.79 Å². The first-order chi connectivity index (χ1) is 9.47. The second-order valence-corrected chi connectivity index (χ2v) is 6.96. The predicted molar refractivity (Wildman–Crippen MR) is 84.3 cm³/mol. The van der Waals surface area contributed by atoms with Crippen LogP contribution in [0.5, 0.6) is 0 Å². The highest BCUT2D eigenvalue weighted by atomic mass is 35.5. The van der Waals surface area contributed by atoms with Crippen molar-refractivity contribution in [2.45, 2.75) is 45.6 Å². The maximum atomic E-state index is 12.7. The minimum absolute atomic E-state index is 0. The molecular formula is C15H25ClN4O. The molecule has 0 saturated carbocycles. The van der Waals surface area contributed by atoms with E-state index in [4.69, 9.17) is 5.73 Å². The fourth-order valence-electron chi connectivity index (χ4n) is 3.44. The molecule has 118 valence electrons. The third-order valence-electron chi connectivity index (χ3n) is 4.99. The molecule has 1 fully saturated rings. The van der Waals surface area contributed by atoms with Gasteiger partial charge in [-0.05, 0) is 30.2 Å². The summed E-state index contributed by atoms with van der Waals surface area (Å²) in [5, 5.41) is 7.10. The zero-order valence-electron chi connectivity index (χ0n) is 12.8. The second-order valence-electron chi connectivity index (χ2n) is 6.96. The number of nitrogens with one attached hydrogen (secondary N) is 1. The summed E-state index contributed by atoms with van der Waals surface area (Å²) in [5.41, 5.74) is 8.58. The Hall–Kier alpha value is -1.07. The normalized spacial score (nSPS) is 27.7. The van der Waals surface area contributed by atoms with Crippen LogP contribution in [-0.4, -0.2) is 40.1 Å². The van der Waals surface area contributed by atoms with Crippen LogP contribution in [0, 0.1) is 11.3 Å². The summed E-state index contributed by atoms with van der Waals surface area (Å²) in [6.07, 6.45) is 5.49. The van der Waals surface area contributed by atoms with Crippen molar-refractivity contribution >= 4 is 18.3 Å². The Morgan fingerprint density at radius 2 is 2.24 bits per heavy atom. The molecule has 2 heterocycles. The maximum absolute atomic E-state index is 12.7. The lowest BCUT2D eigenvalue weighted by atomic mass is 9.78. The summed E-state index contributed by atoms with van der Waals surface area (Å²) in [5.74, 6) is 0.401. The smallest absolute Gasteiger partial charge is 0.226 e. The first-order valence-corrected chi connectivity index (χ1v) is 7.53. The first-order valence-electron chi connectivity index (χ1n) is 7.53. The number of aromatic nitrogens is 2. The van der Waals surface area contributed by atoms with Gasteiger partial charge in [0.15, 0.2) is 0 Å². The van der Waals surface area contributed by atoms with Crippen molar-refractivity contribution in [2.75, 3.05) is 13.1 Å². The minimum atomic E-state index is 0. The monoisotopic (exact) mass is 312 g/mol. The third kappa shape index (κ3) is 3.09. The van der Waals surface area contributed by atoms with Crippen molar-refractivity contribution in [1.29, 1.82) is 0 Å². The van der Waals surface area contributed by atoms with Gasteiger partial charge in [0, 0.05) is 37.2 Å². The van der Waals surface area contributed by atoms with Crippen LogP contribution in [0.4, 0.5) is 0 Å². The Morgan fingerprint density at radius 1 is 1.48 bits per heavy atom. The molecule has 0 aromatic carbocycles. The molecule has 2 atom stereocenters. The lowest BCUT2D eigenvalue weighted by Gasteiger charge is -2.43. The fourth-order valence-corrected chi connectivity index (χ4v) is 3.44. The molecular weight excluding hydrogens is 288 g/mol. The van der Waals surface area contributed by atoms with Crippen LogP contribution in [0.25, 0.3) is 0 Å². The van der Waals surface area contributed by atoms with Gasteiger partial charge >= 0.3 is 0 Å². The molecule has 2 aliphatic rings. The number of piperidine rings is 1. The number of amides is 1. The highest BCUT2D eigenvalue weighted by Gasteiger charge is 2.38. The quantitative estimate of drug-likeness (QED) is 0.825. The molecule has 5 nitrogen and oxygen atoms in total. The molecule has 3 N–H and O–H groups in total. The van der Waals surface area contributed by atoms with Crippen LogP contribution in [0.1, 0.15) is 37.9 Å². The number of H-pyrrole nitrogens is 1. The zero-order chi connectivity index (χ0) is 14.3. The SMILES string of the molecule is CC1(C)CN(C(=O)C2CCc3cn[nH]c3C2)CCC1N.Cl. The van der Waals surface area contributed by atoms with E-state index in [9.17, 15) is 4.79 Å². The van der Waals surface area contributed by atoms with Gasteiger partial charge in [-0.3, -0.25) is 9.89 Å². The Balaban J connectivity index is 0.00000161. The van der Waals surface area contributed by atoms with Gasteiger partial charge in [-0.2, -0.15) is 5.10 Å². The molecule has 1 amide bonds. The number of carbonyl (C=O) groups excluding carboxylic acids is 1. The Labute approximate surface area is 132 Å². The first kappa shape index (κ1) is 16.3. The van der Waals surface area contributed by atoms with Gasteiger partial charge in [0.1, 0.15) is 0 Å². The number of hydrogen-bond acceptors (Lipinski definition) is 3. The summed E-state index contributed by atoms with van der Waals surface area (Å²) >= 11 is 0. The summed E-state index contributed by atoms with van der Waals surface area (Å²) in [6, 6.07) is 0.192. The van der Waals surface area contributed by atoms with Crippen molar-refractivity contribution in [2.24, 2.45) is 17.1 Å². The molecule has 0 bridgehead atoms. The summed E-state index contributed by atoms with van der Waals surface area (Å²) in [4.78, 5) is 14.8. The number of aryl methyl sites for hydroxylation is 1. The topological polar surface area (TPSA) is 75.0 Å². The van der Waals surface area contributed by atoms with Gasteiger partial charge in [-0.25, -0.2) is 0 Å². The lowest BCUT2D eigenvalue weighted by Crippen LogP contribution is -2.55. The van der Waals surface area contributed by atoms with Crippen molar-refractivity contribution in [3.63, 3.8) is 0 Å². The number of hydrogen-bond donors (Lipinski definition) is 2. The van der Waals surface area contributed by atoms with Gasteiger partial charge in [0.2, 0.25) is 5.91 Å². The minimum Gasteiger partial charge on any atom is -0.342 e. The average molecular weight is 313 g/mol. The molecule has 0 radical (unpaired) electrons. The van der Waals surface area contributed by atoms with Crippen LogP contribution in [0.15, 0.2) is 6.20 Å². The number of likely N-dealkylation sites (tertiary alicyclic amines) is 1. The van der Waals surface area contributed by atoms with E-state index < -0.39 is 0 Å². The van der Waals surface area contributed by atoms with E-state index in [-0.39, 0.29) is 29.8 Å². The zero-order valence-corrected chi connectivity index (χ0v) is 13.6. The van der Waals surface area contributed by atoms with E-state index >= 15 is 0 Å². The van der Waals surface area contributed by atoms with Crippen molar-refractivity contribution in [1.82, 2.24) is 15.1 Å². The molecule has 1 saturated heterocycles. The standard InChI is InChI=1S/C15H24N4O.ClH/c1-15(2)9-19(6-5-13(15)16)14(20)10-3-4-11-8-17-18-12(11)7-10;/h8,10,13H,3-7,9,16H2,1-2H3,(H,17,18);1H.